The quantitative estimate of drug-likeness (QED) is 0.0169. The molecule has 0 bridgehead atoms. The van der Waals surface area contributed by atoms with Crippen LogP contribution >= 0.6 is 15.6 Å². The Labute approximate surface area is 595 Å². The summed E-state index contributed by atoms with van der Waals surface area (Å²) in [4.78, 5) is 72.8. The van der Waals surface area contributed by atoms with Crippen LogP contribution in [0.1, 0.15) is 323 Å². The lowest BCUT2D eigenvalue weighted by atomic mass is 10.0. The zero-order valence-corrected chi connectivity index (χ0v) is 63.5. The Balaban J connectivity index is 5.38. The predicted octanol–water partition coefficient (Wildman–Crippen LogP) is 22.0. The summed E-state index contributed by atoms with van der Waals surface area (Å²) < 4.78 is 68.4. The largest absolute Gasteiger partial charge is 0.472 e. The summed E-state index contributed by atoms with van der Waals surface area (Å²) >= 11 is 0. The van der Waals surface area contributed by atoms with Crippen LogP contribution in [0, 0.1) is 0 Å². The van der Waals surface area contributed by atoms with Crippen molar-refractivity contribution in [3.05, 3.63) is 97.2 Å². The van der Waals surface area contributed by atoms with Gasteiger partial charge in [0.2, 0.25) is 0 Å². The Morgan fingerprint density at radius 3 is 0.898 bits per heavy atom. The number of rotatable bonds is 72. The van der Waals surface area contributed by atoms with Gasteiger partial charge in [-0.15, -0.1) is 0 Å². The molecule has 0 aliphatic carbocycles. The predicted molar refractivity (Wildman–Crippen MR) is 399 cm³/mol. The Bertz CT molecular complexity index is 2240. The van der Waals surface area contributed by atoms with Crippen molar-refractivity contribution in [3.63, 3.8) is 0 Å². The van der Waals surface area contributed by atoms with Gasteiger partial charge < -0.3 is 33.8 Å². The van der Waals surface area contributed by atoms with Crippen molar-refractivity contribution in [1.82, 2.24) is 0 Å². The standard InChI is InChI=1S/C79H138O17P2/c1-5-9-13-17-21-25-29-33-36-40-43-47-51-55-59-63-76(81)89-69-74(95-78(83)65-61-57-53-49-45-39-32-28-24-20-16-12-8-4)71-93-97(85,86)91-67-73(80)68-92-98(87,88)94-72-75(96-79(84)66-62-58-54-50-46-42-38-35-31-27-23-19-15-11-7-3)70-90-77(82)64-60-56-52-48-44-41-37-34-30-26-22-18-14-10-6-2/h10,14,16,20-22,25-26,28,32-34,36-37,44,48,73-75,80H,5-9,11-13,15,17-19,23-24,27,29-31,35,38-43,45-47,49-72H2,1-4H3,(H,85,86)(H,87,88)/b14-10-,20-16-,25-21-,26-22-,32-28-,36-33-,37-34-,48-44-. The van der Waals surface area contributed by atoms with Gasteiger partial charge in [0.1, 0.15) is 19.3 Å². The van der Waals surface area contributed by atoms with Crippen molar-refractivity contribution in [2.75, 3.05) is 39.6 Å². The zero-order valence-electron chi connectivity index (χ0n) is 61.7. The number of unbranched alkanes of at least 4 members (excludes halogenated alkanes) is 30. The highest BCUT2D eigenvalue weighted by Gasteiger charge is 2.30. The first-order valence-electron chi connectivity index (χ1n) is 38.5. The third kappa shape index (κ3) is 70.4. The number of carbonyl (C=O) groups is 4. The van der Waals surface area contributed by atoms with Crippen molar-refractivity contribution >= 4 is 39.5 Å². The second-order valence-electron chi connectivity index (χ2n) is 25.6. The van der Waals surface area contributed by atoms with Crippen LogP contribution in [0.15, 0.2) is 97.2 Å². The van der Waals surface area contributed by atoms with Gasteiger partial charge in [-0.2, -0.15) is 0 Å². The number of hydrogen-bond acceptors (Lipinski definition) is 15. The minimum atomic E-state index is -4.98. The lowest BCUT2D eigenvalue weighted by molar-refractivity contribution is -0.161. The Morgan fingerprint density at radius 2 is 0.551 bits per heavy atom. The maximum absolute atomic E-state index is 13.1. The number of hydrogen-bond donors (Lipinski definition) is 3. The third-order valence-corrected chi connectivity index (χ3v) is 17.9. The van der Waals surface area contributed by atoms with E-state index in [2.05, 4.69) is 125 Å². The van der Waals surface area contributed by atoms with E-state index < -0.39 is 97.5 Å². The molecule has 3 N–H and O–H groups in total. The number of ether oxygens (including phenoxy) is 4. The molecule has 5 atom stereocenters. The summed E-state index contributed by atoms with van der Waals surface area (Å²) in [6.07, 6.45) is 74.0. The molecule has 566 valence electrons. The molecule has 0 saturated carbocycles. The van der Waals surface area contributed by atoms with E-state index in [1.807, 2.05) is 0 Å². The average molecular weight is 1420 g/mol. The lowest BCUT2D eigenvalue weighted by Crippen LogP contribution is -2.30. The number of carbonyl (C=O) groups excluding carboxylic acids is 4. The van der Waals surface area contributed by atoms with Gasteiger partial charge in [0.25, 0.3) is 0 Å². The van der Waals surface area contributed by atoms with Gasteiger partial charge in [-0.3, -0.25) is 37.3 Å². The van der Waals surface area contributed by atoms with Crippen LogP contribution in [-0.4, -0.2) is 96.7 Å². The first kappa shape index (κ1) is 94.0. The van der Waals surface area contributed by atoms with E-state index in [-0.39, 0.29) is 25.7 Å². The normalized spacial score (nSPS) is 14.5. The highest BCUT2D eigenvalue weighted by molar-refractivity contribution is 7.47. The number of aliphatic hydroxyl groups excluding tert-OH is 1. The molecule has 0 fully saturated rings. The van der Waals surface area contributed by atoms with Crippen LogP contribution in [0.2, 0.25) is 0 Å². The molecule has 0 amide bonds. The van der Waals surface area contributed by atoms with E-state index in [1.54, 1.807) is 0 Å². The van der Waals surface area contributed by atoms with Gasteiger partial charge in [-0.1, -0.05) is 273 Å². The summed E-state index contributed by atoms with van der Waals surface area (Å²) in [5.41, 5.74) is 0. The van der Waals surface area contributed by atoms with Crippen molar-refractivity contribution in [3.8, 4) is 0 Å². The molecule has 0 aliphatic heterocycles. The topological polar surface area (TPSA) is 237 Å². The minimum absolute atomic E-state index is 0.0752. The fourth-order valence-corrected chi connectivity index (χ4v) is 11.7. The van der Waals surface area contributed by atoms with E-state index in [0.717, 1.165) is 161 Å². The van der Waals surface area contributed by atoms with Gasteiger partial charge in [0.05, 0.1) is 26.4 Å². The second kappa shape index (κ2) is 71.4. The number of esters is 4. The molecule has 0 aliphatic rings. The maximum atomic E-state index is 13.1. The van der Waals surface area contributed by atoms with E-state index in [0.29, 0.717) is 25.7 Å². The van der Waals surface area contributed by atoms with Gasteiger partial charge in [0, 0.05) is 25.7 Å². The monoisotopic (exact) mass is 1420 g/mol. The molecule has 98 heavy (non-hydrogen) atoms. The van der Waals surface area contributed by atoms with Crippen LogP contribution in [0.5, 0.6) is 0 Å². The summed E-state index contributed by atoms with van der Waals surface area (Å²) in [5, 5.41) is 10.6. The Morgan fingerprint density at radius 1 is 0.296 bits per heavy atom. The van der Waals surface area contributed by atoms with E-state index in [1.165, 1.54) is 83.5 Å². The second-order valence-corrected chi connectivity index (χ2v) is 28.5. The molecule has 19 heteroatoms. The van der Waals surface area contributed by atoms with Gasteiger partial charge in [-0.05, 0) is 122 Å². The van der Waals surface area contributed by atoms with Crippen LogP contribution < -0.4 is 0 Å². The first-order valence-corrected chi connectivity index (χ1v) is 41.5. The molecule has 0 saturated heterocycles. The van der Waals surface area contributed by atoms with Gasteiger partial charge >= 0.3 is 39.5 Å². The lowest BCUT2D eigenvalue weighted by Gasteiger charge is -2.21. The SMILES string of the molecule is CC/C=C\C/C=C\C/C=C\C/C=C\CCCCC(=O)OCC(COP(=O)(O)OCC(O)COP(=O)(O)OCC(COC(=O)CCCCCCC/C=C\C/C=C\CCCCC)OC(=O)CCCCCCC/C=C\C/C=C\CCC)OC(=O)CCCCCCCCCCCCCCCCC. The Kier molecular flexibility index (Phi) is 68.4. The molecular weight excluding hydrogens is 1280 g/mol. The van der Waals surface area contributed by atoms with E-state index in [4.69, 9.17) is 37.0 Å². The highest BCUT2D eigenvalue weighted by Crippen LogP contribution is 2.45. The van der Waals surface area contributed by atoms with Crippen molar-refractivity contribution in [1.29, 1.82) is 0 Å². The maximum Gasteiger partial charge on any atom is 0.472 e. The van der Waals surface area contributed by atoms with Crippen LogP contribution in [-0.2, 0) is 65.4 Å². The summed E-state index contributed by atoms with van der Waals surface area (Å²) in [7, 11) is -9.96. The van der Waals surface area contributed by atoms with Gasteiger partial charge in [0.15, 0.2) is 12.2 Å². The fourth-order valence-electron chi connectivity index (χ4n) is 10.2. The smallest absolute Gasteiger partial charge is 0.462 e. The number of phosphoric ester groups is 2. The fraction of sp³-hybridized carbons (Fsp3) is 0.747. The molecule has 0 heterocycles. The molecule has 0 aromatic heterocycles. The number of allylic oxidation sites excluding steroid dienone is 16. The van der Waals surface area contributed by atoms with Crippen LogP contribution in [0.3, 0.4) is 0 Å². The Hall–Kier alpha value is -4.02. The summed E-state index contributed by atoms with van der Waals surface area (Å²) in [6, 6.07) is 0. The van der Waals surface area contributed by atoms with Crippen molar-refractivity contribution in [2.24, 2.45) is 0 Å². The summed E-state index contributed by atoms with van der Waals surface area (Å²) in [5.74, 6) is -2.24. The first-order chi connectivity index (χ1) is 47.7. The van der Waals surface area contributed by atoms with Gasteiger partial charge in [-0.25, -0.2) is 9.13 Å². The third-order valence-electron chi connectivity index (χ3n) is 16.0. The summed E-state index contributed by atoms with van der Waals surface area (Å²) in [6.45, 7) is 4.62. The average Bonchev–Trinajstić information content (AvgIpc) is 1.04. The zero-order chi connectivity index (χ0) is 71.8. The number of aliphatic hydroxyl groups is 1. The molecule has 0 aromatic carbocycles. The molecule has 5 unspecified atom stereocenters. The molecule has 17 nitrogen and oxygen atoms in total. The molecular formula is C79H138O17P2. The van der Waals surface area contributed by atoms with Crippen molar-refractivity contribution in [2.45, 2.75) is 341 Å². The van der Waals surface area contributed by atoms with Crippen molar-refractivity contribution < 1.29 is 80.2 Å². The minimum Gasteiger partial charge on any atom is -0.462 e. The molecule has 0 aromatic rings. The number of phosphoric acid groups is 2. The molecule has 0 radical (unpaired) electrons. The van der Waals surface area contributed by atoms with E-state index >= 15 is 0 Å². The van der Waals surface area contributed by atoms with E-state index in [9.17, 15) is 43.2 Å². The molecule has 0 spiro atoms. The van der Waals surface area contributed by atoms with Crippen LogP contribution in [0.25, 0.3) is 0 Å². The van der Waals surface area contributed by atoms with Crippen LogP contribution in [0.4, 0.5) is 0 Å². The highest BCUT2D eigenvalue weighted by atomic mass is 31.2. The molecule has 0 rings (SSSR count).